The highest BCUT2D eigenvalue weighted by Gasteiger charge is 2.44. The molecule has 0 aliphatic carbocycles. The number of carbonyl (C=O) groups is 1. The lowest BCUT2D eigenvalue weighted by Crippen LogP contribution is -2.59. The minimum atomic E-state index is -0.284. The number of ether oxygens (including phenoxy) is 1. The van der Waals surface area contributed by atoms with E-state index in [-0.39, 0.29) is 17.9 Å². The van der Waals surface area contributed by atoms with Crippen molar-refractivity contribution in [1.82, 2.24) is 15.3 Å². The van der Waals surface area contributed by atoms with Gasteiger partial charge >= 0.3 is 5.97 Å². The summed E-state index contributed by atoms with van der Waals surface area (Å²) < 4.78 is 5.53. The SMILES string of the molecule is Cc1nc(C(C)C)nc2c1C(=O)OCC1[C@H]3CC[C@@H](CN21)N3. The van der Waals surface area contributed by atoms with E-state index in [1.807, 2.05) is 6.92 Å². The second-order valence-corrected chi connectivity index (χ2v) is 6.89. The van der Waals surface area contributed by atoms with Gasteiger partial charge in [-0.05, 0) is 19.8 Å². The summed E-state index contributed by atoms with van der Waals surface area (Å²) in [5, 5.41) is 3.64. The van der Waals surface area contributed by atoms with Crippen molar-refractivity contribution >= 4 is 11.8 Å². The summed E-state index contributed by atoms with van der Waals surface area (Å²) in [7, 11) is 0. The molecule has 6 nitrogen and oxygen atoms in total. The van der Waals surface area contributed by atoms with Gasteiger partial charge in [0.25, 0.3) is 0 Å². The molecule has 0 amide bonds. The van der Waals surface area contributed by atoms with E-state index >= 15 is 0 Å². The highest BCUT2D eigenvalue weighted by molar-refractivity contribution is 5.96. The predicted octanol–water partition coefficient (Wildman–Crippen LogP) is 1.39. The number of nitrogens with one attached hydrogen (secondary N) is 1. The van der Waals surface area contributed by atoms with Crippen LogP contribution in [0.4, 0.5) is 5.82 Å². The maximum atomic E-state index is 12.4. The molecule has 3 aliphatic rings. The van der Waals surface area contributed by atoms with Crippen LogP contribution in [0.2, 0.25) is 0 Å². The summed E-state index contributed by atoms with van der Waals surface area (Å²) in [6.45, 7) is 7.35. The Kier molecular flexibility index (Phi) is 3.11. The molecule has 2 fully saturated rings. The molecule has 4 rings (SSSR count). The van der Waals surface area contributed by atoms with Crippen molar-refractivity contribution in [3.05, 3.63) is 17.1 Å². The Hall–Kier alpha value is -1.69. The third-order valence-electron chi connectivity index (χ3n) is 5.02. The zero-order valence-corrected chi connectivity index (χ0v) is 13.3. The number of nitrogens with zero attached hydrogens (tertiary/aromatic N) is 3. The first-order valence-corrected chi connectivity index (χ1v) is 8.13. The Morgan fingerprint density at radius 2 is 2.14 bits per heavy atom. The quantitative estimate of drug-likeness (QED) is 0.791. The number of fused-ring (bicyclic) bond motifs is 6. The van der Waals surface area contributed by atoms with Crippen LogP contribution in [-0.4, -0.2) is 47.2 Å². The number of cyclic esters (lactones) is 1. The maximum Gasteiger partial charge on any atom is 0.343 e. The monoisotopic (exact) mass is 302 g/mol. The summed E-state index contributed by atoms with van der Waals surface area (Å²) in [6.07, 6.45) is 2.32. The van der Waals surface area contributed by atoms with Gasteiger partial charge in [-0.2, -0.15) is 0 Å². The van der Waals surface area contributed by atoms with E-state index in [4.69, 9.17) is 9.72 Å². The molecule has 0 spiro atoms. The van der Waals surface area contributed by atoms with Crippen molar-refractivity contribution in [2.24, 2.45) is 0 Å². The van der Waals surface area contributed by atoms with Gasteiger partial charge in [0, 0.05) is 24.5 Å². The second kappa shape index (κ2) is 4.91. The zero-order valence-electron chi connectivity index (χ0n) is 13.3. The number of hydrogen-bond acceptors (Lipinski definition) is 6. The minimum absolute atomic E-state index is 0.179. The molecule has 3 aliphatic heterocycles. The van der Waals surface area contributed by atoms with Crippen LogP contribution >= 0.6 is 0 Å². The summed E-state index contributed by atoms with van der Waals surface area (Å²) in [5.74, 6) is 1.53. The Bertz CT molecular complexity index is 631. The molecule has 22 heavy (non-hydrogen) atoms. The third kappa shape index (κ3) is 2.00. The lowest BCUT2D eigenvalue weighted by molar-refractivity contribution is 0.0474. The predicted molar refractivity (Wildman–Crippen MR) is 82.2 cm³/mol. The lowest BCUT2D eigenvalue weighted by Gasteiger charge is -2.40. The fourth-order valence-electron chi connectivity index (χ4n) is 3.85. The molecule has 118 valence electrons. The fraction of sp³-hybridized carbons (Fsp3) is 0.688. The highest BCUT2D eigenvalue weighted by atomic mass is 16.5. The first-order chi connectivity index (χ1) is 10.5. The van der Waals surface area contributed by atoms with Crippen LogP contribution in [0.3, 0.4) is 0 Å². The molecule has 1 aromatic heterocycles. The van der Waals surface area contributed by atoms with Crippen LogP contribution in [0.15, 0.2) is 0 Å². The zero-order chi connectivity index (χ0) is 15.4. The molecule has 4 heterocycles. The van der Waals surface area contributed by atoms with Crippen molar-refractivity contribution in [2.75, 3.05) is 18.1 Å². The molecular weight excluding hydrogens is 280 g/mol. The van der Waals surface area contributed by atoms with E-state index in [9.17, 15) is 4.79 Å². The van der Waals surface area contributed by atoms with E-state index in [1.165, 1.54) is 6.42 Å². The van der Waals surface area contributed by atoms with Crippen LogP contribution in [0.25, 0.3) is 0 Å². The van der Waals surface area contributed by atoms with Crippen LogP contribution in [-0.2, 0) is 4.74 Å². The number of esters is 1. The first kappa shape index (κ1) is 13.9. The van der Waals surface area contributed by atoms with Gasteiger partial charge in [0.15, 0.2) is 0 Å². The van der Waals surface area contributed by atoms with Gasteiger partial charge in [-0.3, -0.25) is 0 Å². The van der Waals surface area contributed by atoms with E-state index in [1.54, 1.807) is 0 Å². The van der Waals surface area contributed by atoms with Gasteiger partial charge in [0.05, 0.1) is 11.7 Å². The molecule has 1 N–H and O–H groups in total. The number of hydrogen-bond donors (Lipinski definition) is 1. The van der Waals surface area contributed by atoms with E-state index in [2.05, 4.69) is 29.0 Å². The van der Waals surface area contributed by atoms with Gasteiger partial charge in [0.2, 0.25) is 0 Å². The summed E-state index contributed by atoms with van der Waals surface area (Å²) in [4.78, 5) is 24.0. The third-order valence-corrected chi connectivity index (χ3v) is 5.02. The Morgan fingerprint density at radius 1 is 1.32 bits per heavy atom. The average molecular weight is 302 g/mol. The van der Waals surface area contributed by atoms with Crippen molar-refractivity contribution in [3.8, 4) is 0 Å². The summed E-state index contributed by atoms with van der Waals surface area (Å²) >= 11 is 0. The molecule has 2 bridgehead atoms. The smallest absolute Gasteiger partial charge is 0.343 e. The number of aryl methyl sites for hydroxylation is 1. The number of aromatic nitrogens is 2. The molecule has 1 aromatic rings. The van der Waals surface area contributed by atoms with E-state index in [0.717, 1.165) is 30.3 Å². The number of anilines is 1. The topological polar surface area (TPSA) is 67.3 Å². The first-order valence-electron chi connectivity index (χ1n) is 8.13. The molecule has 1 unspecified atom stereocenters. The van der Waals surface area contributed by atoms with Gasteiger partial charge in [0.1, 0.15) is 23.8 Å². The molecular formula is C16H22N4O2. The molecule has 2 saturated heterocycles. The molecule has 0 radical (unpaired) electrons. The van der Waals surface area contributed by atoms with Crippen LogP contribution in [0, 0.1) is 6.92 Å². The average Bonchev–Trinajstić information content (AvgIpc) is 2.80. The van der Waals surface area contributed by atoms with E-state index < -0.39 is 0 Å². The minimum Gasteiger partial charge on any atom is -0.460 e. The van der Waals surface area contributed by atoms with Crippen molar-refractivity contribution in [3.63, 3.8) is 0 Å². The van der Waals surface area contributed by atoms with Gasteiger partial charge < -0.3 is 15.0 Å². The van der Waals surface area contributed by atoms with Crippen LogP contribution in [0.5, 0.6) is 0 Å². The Balaban J connectivity index is 1.86. The molecule has 6 heteroatoms. The van der Waals surface area contributed by atoms with Gasteiger partial charge in [-0.15, -0.1) is 0 Å². The molecule has 0 aromatic carbocycles. The number of piperazine rings is 1. The van der Waals surface area contributed by atoms with Crippen molar-refractivity contribution in [2.45, 2.75) is 57.7 Å². The number of rotatable bonds is 1. The van der Waals surface area contributed by atoms with Gasteiger partial charge in [-0.1, -0.05) is 13.8 Å². The van der Waals surface area contributed by atoms with Crippen molar-refractivity contribution < 1.29 is 9.53 Å². The molecule has 3 atom stereocenters. The fourth-order valence-corrected chi connectivity index (χ4v) is 3.85. The maximum absolute atomic E-state index is 12.4. The Labute approximate surface area is 130 Å². The lowest BCUT2D eigenvalue weighted by atomic mass is 10.1. The summed E-state index contributed by atoms with van der Waals surface area (Å²) in [6, 6.07) is 1.05. The highest BCUT2D eigenvalue weighted by Crippen LogP contribution is 2.35. The second-order valence-electron chi connectivity index (χ2n) is 6.89. The van der Waals surface area contributed by atoms with E-state index in [0.29, 0.717) is 24.3 Å². The largest absolute Gasteiger partial charge is 0.460 e. The Morgan fingerprint density at radius 3 is 2.91 bits per heavy atom. The summed E-state index contributed by atoms with van der Waals surface area (Å²) in [5.41, 5.74) is 1.28. The standard InChI is InChI=1S/C16H22N4O2/c1-8(2)14-17-9(3)13-15(19-14)20-6-10-4-5-11(18-10)12(20)7-22-16(13)21/h8,10-12,18H,4-7H2,1-3H3/t10-,11+,12?/m0/s1. The molecule has 0 saturated carbocycles. The number of carbonyl (C=O) groups excluding carboxylic acids is 1. The van der Waals surface area contributed by atoms with Crippen LogP contribution < -0.4 is 10.2 Å². The van der Waals surface area contributed by atoms with Crippen molar-refractivity contribution in [1.29, 1.82) is 0 Å². The van der Waals surface area contributed by atoms with Gasteiger partial charge in [-0.25, -0.2) is 14.8 Å². The normalized spacial score (nSPS) is 29.9. The van der Waals surface area contributed by atoms with Crippen LogP contribution in [0.1, 0.15) is 54.5 Å².